The molecule has 31 heavy (non-hydrogen) atoms. The number of anilines is 2. The van der Waals surface area contributed by atoms with E-state index in [9.17, 15) is 22.0 Å². The van der Waals surface area contributed by atoms with Crippen molar-refractivity contribution in [3.05, 3.63) is 54.1 Å². The summed E-state index contributed by atoms with van der Waals surface area (Å²) in [5.74, 6) is -2.10. The lowest BCUT2D eigenvalue weighted by atomic mass is 10.1. The smallest absolute Gasteiger partial charge is 0.387 e. The average Bonchev–Trinajstić information content (AvgIpc) is 3.07. The molecule has 2 aromatic heterocycles. The number of rotatable bonds is 5. The Labute approximate surface area is 171 Å². The number of halogens is 5. The van der Waals surface area contributed by atoms with Crippen molar-refractivity contribution in [1.82, 2.24) is 19.5 Å². The second kappa shape index (κ2) is 7.70. The molecule has 0 amide bonds. The maximum absolute atomic E-state index is 13.7. The third-order valence-electron chi connectivity index (χ3n) is 4.36. The molecule has 0 aliphatic rings. The van der Waals surface area contributed by atoms with Gasteiger partial charge >= 0.3 is 6.61 Å². The number of aromatic nitrogens is 4. The van der Waals surface area contributed by atoms with E-state index in [-0.39, 0.29) is 39.9 Å². The molecule has 0 aliphatic heterocycles. The first-order valence-electron chi connectivity index (χ1n) is 8.69. The van der Waals surface area contributed by atoms with Gasteiger partial charge in [0.05, 0.1) is 16.6 Å². The molecule has 0 atom stereocenters. The fraction of sp³-hybridized carbons (Fsp3) is 0.105. The van der Waals surface area contributed by atoms with Crippen molar-refractivity contribution in [2.24, 2.45) is 0 Å². The van der Waals surface area contributed by atoms with E-state index in [1.807, 2.05) is 0 Å². The van der Waals surface area contributed by atoms with Crippen molar-refractivity contribution in [3.8, 4) is 22.8 Å². The van der Waals surface area contributed by atoms with E-state index >= 15 is 0 Å². The molecule has 12 heteroatoms. The van der Waals surface area contributed by atoms with Crippen molar-refractivity contribution in [2.45, 2.75) is 13.0 Å². The monoisotopic (exact) mass is 436 g/mol. The summed E-state index contributed by atoms with van der Waals surface area (Å²) in [6, 6.07) is 8.72. The summed E-state index contributed by atoms with van der Waals surface area (Å²) in [5, 5.41) is 0. The molecule has 7 nitrogen and oxygen atoms in total. The minimum atomic E-state index is -3.01. The minimum Gasteiger partial charge on any atom is -0.435 e. The van der Waals surface area contributed by atoms with Crippen molar-refractivity contribution in [3.63, 3.8) is 0 Å². The van der Waals surface area contributed by atoms with E-state index in [0.717, 1.165) is 16.7 Å². The van der Waals surface area contributed by atoms with Gasteiger partial charge in [0, 0.05) is 6.07 Å². The van der Waals surface area contributed by atoms with E-state index in [1.54, 1.807) is 0 Å². The lowest BCUT2D eigenvalue weighted by Gasteiger charge is -2.13. The topological polar surface area (TPSA) is 105 Å². The molecule has 0 fully saturated rings. The number of alkyl halides is 4. The number of imidazole rings is 1. The van der Waals surface area contributed by atoms with E-state index in [0.29, 0.717) is 5.56 Å². The van der Waals surface area contributed by atoms with Crippen LogP contribution >= 0.6 is 0 Å². The Balaban J connectivity index is 1.83. The number of nitrogens with two attached hydrogens (primary N) is 2. The van der Waals surface area contributed by atoms with Gasteiger partial charge < -0.3 is 16.2 Å². The molecule has 0 spiro atoms. The van der Waals surface area contributed by atoms with Crippen LogP contribution in [0.2, 0.25) is 0 Å². The second-order valence-electron chi connectivity index (χ2n) is 6.31. The molecule has 2 heterocycles. The summed E-state index contributed by atoms with van der Waals surface area (Å²) in [4.78, 5) is 11.9. The van der Waals surface area contributed by atoms with Crippen LogP contribution in [0, 0.1) is 5.82 Å². The molecule has 0 saturated heterocycles. The predicted octanol–water partition coefficient (Wildman–Crippen LogP) is 4.33. The Hall–Kier alpha value is -3.96. The zero-order valence-electron chi connectivity index (χ0n) is 15.4. The van der Waals surface area contributed by atoms with Gasteiger partial charge in [-0.25, -0.2) is 18.2 Å². The molecule has 0 radical (unpaired) electrons. The molecular formula is C19H13F5N6O. The lowest BCUT2D eigenvalue weighted by molar-refractivity contribution is -0.0498. The second-order valence-corrected chi connectivity index (χ2v) is 6.31. The number of benzene rings is 2. The molecule has 4 aromatic rings. The molecule has 0 aliphatic carbocycles. The van der Waals surface area contributed by atoms with Crippen LogP contribution in [0.5, 0.6) is 5.75 Å². The number of ether oxygens (including phenoxy) is 1. The Morgan fingerprint density at radius 1 is 0.871 bits per heavy atom. The first-order valence-corrected chi connectivity index (χ1v) is 8.69. The minimum absolute atomic E-state index is 0.00958. The van der Waals surface area contributed by atoms with E-state index < -0.39 is 24.7 Å². The zero-order chi connectivity index (χ0) is 22.3. The summed E-state index contributed by atoms with van der Waals surface area (Å²) in [6.07, 6.45) is -3.01. The summed E-state index contributed by atoms with van der Waals surface area (Å²) >= 11 is 0. The highest BCUT2D eigenvalue weighted by molar-refractivity contribution is 5.84. The Morgan fingerprint density at radius 3 is 2.10 bits per heavy atom. The van der Waals surface area contributed by atoms with E-state index in [1.165, 1.54) is 30.3 Å². The standard InChI is InChI=1S/C19H13F5N6O/c20-9-3-6-11-12(7-9)30(17(27-11)14(21)22)19-28-15(25)13(16(26)29-19)8-1-4-10(5-2-8)31-18(23)24/h1-7,14,18H,(H4,25,26,28,29). The van der Waals surface area contributed by atoms with Gasteiger partial charge in [-0.15, -0.1) is 0 Å². The number of hydrogen-bond donors (Lipinski definition) is 2. The summed E-state index contributed by atoms with van der Waals surface area (Å²) < 4.78 is 70.6. The maximum Gasteiger partial charge on any atom is 0.387 e. The van der Waals surface area contributed by atoms with Crippen molar-refractivity contribution in [2.75, 3.05) is 11.5 Å². The highest BCUT2D eigenvalue weighted by atomic mass is 19.3. The van der Waals surface area contributed by atoms with Crippen molar-refractivity contribution >= 4 is 22.7 Å². The highest BCUT2D eigenvalue weighted by Crippen LogP contribution is 2.33. The quantitative estimate of drug-likeness (QED) is 0.452. The number of fused-ring (bicyclic) bond motifs is 1. The maximum atomic E-state index is 13.7. The Kier molecular flexibility index (Phi) is 5.05. The van der Waals surface area contributed by atoms with Gasteiger partial charge in [0.2, 0.25) is 5.95 Å². The zero-order valence-corrected chi connectivity index (χ0v) is 15.4. The highest BCUT2D eigenvalue weighted by Gasteiger charge is 2.24. The molecule has 4 rings (SSSR count). The third kappa shape index (κ3) is 3.79. The van der Waals surface area contributed by atoms with Crippen LogP contribution in [0.3, 0.4) is 0 Å². The molecule has 0 saturated carbocycles. The number of nitrogens with zero attached hydrogens (tertiary/aromatic N) is 4. The van der Waals surface area contributed by atoms with E-state index in [4.69, 9.17) is 11.5 Å². The molecule has 4 N–H and O–H groups in total. The largest absolute Gasteiger partial charge is 0.435 e. The van der Waals surface area contributed by atoms with Gasteiger partial charge in [-0.1, -0.05) is 12.1 Å². The summed E-state index contributed by atoms with van der Waals surface area (Å²) in [5.41, 5.74) is 12.7. The van der Waals surface area contributed by atoms with Crippen LogP contribution in [-0.2, 0) is 0 Å². The number of hydrogen-bond acceptors (Lipinski definition) is 6. The Morgan fingerprint density at radius 2 is 1.52 bits per heavy atom. The first-order chi connectivity index (χ1) is 14.7. The lowest BCUT2D eigenvalue weighted by Crippen LogP contribution is -2.11. The molecule has 0 unspecified atom stereocenters. The van der Waals surface area contributed by atoms with Gasteiger partial charge in [-0.05, 0) is 29.8 Å². The Bertz CT molecular complexity index is 1240. The first kappa shape index (κ1) is 20.3. The van der Waals surface area contributed by atoms with Crippen LogP contribution in [0.25, 0.3) is 28.1 Å². The SMILES string of the molecule is Nc1nc(-n2c(C(F)F)nc3ccc(F)cc32)nc(N)c1-c1ccc(OC(F)F)cc1. The van der Waals surface area contributed by atoms with Crippen LogP contribution in [0.15, 0.2) is 42.5 Å². The van der Waals surface area contributed by atoms with Crippen LogP contribution < -0.4 is 16.2 Å². The van der Waals surface area contributed by atoms with Crippen LogP contribution in [0.1, 0.15) is 12.2 Å². The molecular weight excluding hydrogens is 423 g/mol. The fourth-order valence-electron chi connectivity index (χ4n) is 3.11. The van der Waals surface area contributed by atoms with Crippen molar-refractivity contribution in [1.29, 1.82) is 0 Å². The molecule has 0 bridgehead atoms. The predicted molar refractivity (Wildman–Crippen MR) is 102 cm³/mol. The van der Waals surface area contributed by atoms with Gasteiger partial charge in [0.1, 0.15) is 23.2 Å². The van der Waals surface area contributed by atoms with Crippen LogP contribution in [0.4, 0.5) is 33.6 Å². The average molecular weight is 436 g/mol. The summed E-state index contributed by atoms with van der Waals surface area (Å²) in [7, 11) is 0. The fourth-order valence-corrected chi connectivity index (χ4v) is 3.11. The molecule has 160 valence electrons. The van der Waals surface area contributed by atoms with Gasteiger partial charge in [-0.2, -0.15) is 18.7 Å². The van der Waals surface area contributed by atoms with Gasteiger partial charge in [-0.3, -0.25) is 4.57 Å². The van der Waals surface area contributed by atoms with Crippen molar-refractivity contribution < 1.29 is 26.7 Å². The van der Waals surface area contributed by atoms with Gasteiger partial charge in [0.25, 0.3) is 6.43 Å². The van der Waals surface area contributed by atoms with Gasteiger partial charge in [0.15, 0.2) is 5.82 Å². The van der Waals surface area contributed by atoms with E-state index in [2.05, 4.69) is 19.7 Å². The number of nitrogen functional groups attached to an aromatic ring is 2. The molecule has 2 aromatic carbocycles. The normalized spacial score (nSPS) is 11.6. The van der Waals surface area contributed by atoms with Crippen LogP contribution in [-0.4, -0.2) is 26.1 Å². The summed E-state index contributed by atoms with van der Waals surface area (Å²) in [6.45, 7) is -2.98. The third-order valence-corrected chi connectivity index (χ3v) is 4.36.